The number of benzene rings is 1. The van der Waals surface area contributed by atoms with Crippen molar-refractivity contribution < 1.29 is 13.9 Å². The fourth-order valence-corrected chi connectivity index (χ4v) is 3.66. The highest BCUT2D eigenvalue weighted by Crippen LogP contribution is 2.27. The molecule has 138 valence electrons. The molecule has 2 aromatic rings. The molecule has 2 aliphatic heterocycles. The summed E-state index contributed by atoms with van der Waals surface area (Å²) >= 11 is 0. The zero-order chi connectivity index (χ0) is 18.1. The summed E-state index contributed by atoms with van der Waals surface area (Å²) in [5.41, 5.74) is 0.419. The summed E-state index contributed by atoms with van der Waals surface area (Å²) in [5, 5.41) is 4.44. The first-order chi connectivity index (χ1) is 12.6. The van der Waals surface area contributed by atoms with E-state index < -0.39 is 5.92 Å². The van der Waals surface area contributed by atoms with E-state index in [1.807, 2.05) is 0 Å². The molecule has 1 fully saturated rings. The summed E-state index contributed by atoms with van der Waals surface area (Å²) in [5.74, 6) is -0.213. The highest BCUT2D eigenvalue weighted by Gasteiger charge is 2.34. The fraction of sp³-hybridized carbons (Fsp3) is 0.500. The number of amides is 1. The van der Waals surface area contributed by atoms with Gasteiger partial charge in [0.05, 0.1) is 25.7 Å². The summed E-state index contributed by atoms with van der Waals surface area (Å²) in [6, 6.07) is 6.11. The minimum Gasteiger partial charge on any atom is -0.378 e. The first-order valence-corrected chi connectivity index (χ1v) is 8.92. The van der Waals surface area contributed by atoms with Gasteiger partial charge in [-0.1, -0.05) is 12.1 Å². The number of nitrogens with zero attached hydrogens (tertiary/aromatic N) is 4. The Morgan fingerprint density at radius 1 is 1.27 bits per heavy atom. The minimum atomic E-state index is -0.400. The van der Waals surface area contributed by atoms with Crippen LogP contribution < -0.4 is 5.69 Å². The first-order valence-electron chi connectivity index (χ1n) is 8.92. The van der Waals surface area contributed by atoms with Crippen LogP contribution in [-0.2, 0) is 22.6 Å². The van der Waals surface area contributed by atoms with Crippen molar-refractivity contribution in [2.45, 2.75) is 31.8 Å². The van der Waals surface area contributed by atoms with E-state index in [-0.39, 0.29) is 24.0 Å². The Labute approximate surface area is 150 Å². The van der Waals surface area contributed by atoms with Crippen molar-refractivity contribution in [2.75, 3.05) is 26.3 Å². The quantitative estimate of drug-likeness (QED) is 0.818. The maximum Gasteiger partial charge on any atom is 0.346 e. The fourth-order valence-electron chi connectivity index (χ4n) is 3.66. The number of carbonyl (C=O) groups is 1. The minimum absolute atomic E-state index is 0.0113. The number of hydrogen-bond donors (Lipinski definition) is 0. The van der Waals surface area contributed by atoms with Crippen LogP contribution in [-0.4, -0.2) is 51.5 Å². The van der Waals surface area contributed by atoms with E-state index in [1.165, 1.54) is 16.8 Å². The first kappa shape index (κ1) is 17.0. The molecular formula is C18H21FN4O3. The third-order valence-electron chi connectivity index (χ3n) is 4.98. The third kappa shape index (κ3) is 3.16. The van der Waals surface area contributed by atoms with Gasteiger partial charge in [0.25, 0.3) is 0 Å². The molecule has 2 aliphatic rings. The Kier molecular flexibility index (Phi) is 4.58. The molecule has 1 unspecified atom stereocenters. The maximum atomic E-state index is 13.4. The van der Waals surface area contributed by atoms with Gasteiger partial charge in [-0.15, -0.1) is 0 Å². The lowest BCUT2D eigenvalue weighted by Gasteiger charge is -2.31. The molecule has 1 amide bonds. The maximum absolute atomic E-state index is 13.4. The molecule has 0 aliphatic carbocycles. The highest BCUT2D eigenvalue weighted by molar-refractivity contribution is 5.83. The summed E-state index contributed by atoms with van der Waals surface area (Å²) in [6.45, 7) is 2.98. The van der Waals surface area contributed by atoms with Crippen molar-refractivity contribution in [3.8, 4) is 0 Å². The van der Waals surface area contributed by atoms with Crippen LogP contribution in [0.5, 0.6) is 0 Å². The Morgan fingerprint density at radius 3 is 2.85 bits per heavy atom. The van der Waals surface area contributed by atoms with Crippen molar-refractivity contribution in [2.24, 2.45) is 0 Å². The molecule has 1 saturated heterocycles. The van der Waals surface area contributed by atoms with Gasteiger partial charge in [0.15, 0.2) is 0 Å². The van der Waals surface area contributed by atoms with Gasteiger partial charge in [0.2, 0.25) is 5.91 Å². The number of rotatable bonds is 3. The van der Waals surface area contributed by atoms with Crippen molar-refractivity contribution in [3.05, 3.63) is 52.0 Å². The van der Waals surface area contributed by atoms with E-state index in [4.69, 9.17) is 4.74 Å². The molecule has 1 atom stereocenters. The molecule has 8 heteroatoms. The number of ether oxygens (including phenoxy) is 1. The van der Waals surface area contributed by atoms with Crippen LogP contribution in [0.2, 0.25) is 0 Å². The highest BCUT2D eigenvalue weighted by atomic mass is 19.1. The molecule has 0 N–H and O–H groups in total. The summed E-state index contributed by atoms with van der Waals surface area (Å²) < 4.78 is 21.6. The van der Waals surface area contributed by atoms with Crippen LogP contribution in [0.15, 0.2) is 29.1 Å². The molecule has 0 bridgehead atoms. The smallest absolute Gasteiger partial charge is 0.346 e. The number of aromatic nitrogens is 3. The van der Waals surface area contributed by atoms with E-state index in [0.29, 0.717) is 50.7 Å². The molecular weight excluding hydrogens is 339 g/mol. The van der Waals surface area contributed by atoms with Gasteiger partial charge in [-0.25, -0.2) is 13.9 Å². The van der Waals surface area contributed by atoms with Crippen molar-refractivity contribution >= 4 is 5.91 Å². The van der Waals surface area contributed by atoms with E-state index in [2.05, 4.69) is 5.10 Å². The number of hydrogen-bond acceptors (Lipinski definition) is 4. The van der Waals surface area contributed by atoms with E-state index in [9.17, 15) is 14.0 Å². The van der Waals surface area contributed by atoms with Gasteiger partial charge >= 0.3 is 5.69 Å². The van der Waals surface area contributed by atoms with Gasteiger partial charge in [0.1, 0.15) is 11.6 Å². The van der Waals surface area contributed by atoms with Crippen LogP contribution in [0.4, 0.5) is 4.39 Å². The number of halogens is 1. The number of morpholine rings is 1. The van der Waals surface area contributed by atoms with Gasteiger partial charge in [-0.3, -0.25) is 9.36 Å². The molecule has 7 nitrogen and oxygen atoms in total. The topological polar surface area (TPSA) is 69.4 Å². The van der Waals surface area contributed by atoms with Crippen molar-refractivity contribution in [1.29, 1.82) is 0 Å². The summed E-state index contributed by atoms with van der Waals surface area (Å²) in [6.07, 6.45) is 1.45. The van der Waals surface area contributed by atoms with E-state index >= 15 is 0 Å². The predicted molar refractivity (Wildman–Crippen MR) is 91.4 cm³/mol. The van der Waals surface area contributed by atoms with Crippen LogP contribution >= 0.6 is 0 Å². The van der Waals surface area contributed by atoms with Gasteiger partial charge < -0.3 is 9.64 Å². The molecule has 0 spiro atoms. The molecule has 4 rings (SSSR count). The number of carbonyl (C=O) groups excluding carboxylic acids is 1. The zero-order valence-electron chi connectivity index (χ0n) is 14.4. The lowest BCUT2D eigenvalue weighted by molar-refractivity contribution is -0.137. The zero-order valence-corrected chi connectivity index (χ0v) is 14.4. The van der Waals surface area contributed by atoms with Crippen LogP contribution in [0, 0.1) is 5.82 Å². The monoisotopic (exact) mass is 360 g/mol. The Hall–Kier alpha value is -2.48. The van der Waals surface area contributed by atoms with E-state index in [1.54, 1.807) is 21.6 Å². The second-order valence-electron chi connectivity index (χ2n) is 6.71. The second-order valence-corrected chi connectivity index (χ2v) is 6.71. The van der Waals surface area contributed by atoms with E-state index in [0.717, 1.165) is 6.42 Å². The number of fused-ring (bicyclic) bond motifs is 1. The molecule has 0 radical (unpaired) electrons. The van der Waals surface area contributed by atoms with Crippen molar-refractivity contribution in [3.63, 3.8) is 0 Å². The Morgan fingerprint density at radius 2 is 2.08 bits per heavy atom. The third-order valence-corrected chi connectivity index (χ3v) is 4.98. The largest absolute Gasteiger partial charge is 0.378 e. The molecule has 0 saturated carbocycles. The standard InChI is InChI=1S/C18H21FN4O3/c19-14-4-1-3-13(11-14)12-23-18(25)22-6-2-5-15(16(22)20-23)17(24)21-7-9-26-10-8-21/h1,3-4,11,15H,2,5-10,12H2. The normalized spacial score (nSPS) is 20.0. The molecule has 3 heterocycles. The summed E-state index contributed by atoms with van der Waals surface area (Å²) in [7, 11) is 0. The Bertz CT molecular complexity index is 870. The Balaban J connectivity index is 1.62. The van der Waals surface area contributed by atoms with Crippen molar-refractivity contribution in [1.82, 2.24) is 19.2 Å². The van der Waals surface area contributed by atoms with Crippen LogP contribution in [0.25, 0.3) is 0 Å². The SMILES string of the molecule is O=C(C1CCCn2c1nn(Cc1cccc(F)c1)c2=O)N1CCOCC1. The van der Waals surface area contributed by atoms with Crippen LogP contribution in [0.1, 0.15) is 30.1 Å². The van der Waals surface area contributed by atoms with Crippen LogP contribution in [0.3, 0.4) is 0 Å². The average Bonchev–Trinajstić information content (AvgIpc) is 2.98. The molecule has 1 aromatic heterocycles. The lowest BCUT2D eigenvalue weighted by atomic mass is 9.97. The average molecular weight is 360 g/mol. The molecule has 1 aromatic carbocycles. The lowest BCUT2D eigenvalue weighted by Crippen LogP contribution is -2.44. The second kappa shape index (κ2) is 7.03. The summed E-state index contributed by atoms with van der Waals surface area (Å²) in [4.78, 5) is 27.4. The van der Waals surface area contributed by atoms with Gasteiger partial charge in [-0.2, -0.15) is 5.10 Å². The van der Waals surface area contributed by atoms with Gasteiger partial charge in [-0.05, 0) is 30.5 Å². The predicted octanol–water partition coefficient (Wildman–Crippen LogP) is 0.968. The van der Waals surface area contributed by atoms with Gasteiger partial charge in [0, 0.05) is 19.6 Å². The molecule has 26 heavy (non-hydrogen) atoms.